The molecular weight excluding hydrogens is 400 g/mol. The lowest BCUT2D eigenvalue weighted by Gasteiger charge is -2.14. The minimum atomic E-state index is -0.728. The number of hydrogen-bond acceptors (Lipinski definition) is 6. The Morgan fingerprint density at radius 1 is 1.10 bits per heavy atom. The number of fused-ring (bicyclic) bond motifs is 1. The third-order valence-corrected chi connectivity index (χ3v) is 4.39. The predicted molar refractivity (Wildman–Crippen MR) is 104 cm³/mol. The highest BCUT2D eigenvalue weighted by Crippen LogP contribution is 2.32. The first-order valence-electron chi connectivity index (χ1n) is 8.80. The molecule has 0 bridgehead atoms. The van der Waals surface area contributed by atoms with E-state index in [1.54, 1.807) is 43.3 Å². The summed E-state index contributed by atoms with van der Waals surface area (Å²) < 4.78 is 15.3. The van der Waals surface area contributed by atoms with E-state index < -0.39 is 24.4 Å². The highest BCUT2D eigenvalue weighted by Gasteiger charge is 2.17. The Morgan fingerprint density at radius 3 is 2.59 bits per heavy atom. The van der Waals surface area contributed by atoms with Crippen LogP contribution in [-0.2, 0) is 14.3 Å². The topological polar surface area (TPSA) is 103 Å². The summed E-state index contributed by atoms with van der Waals surface area (Å²) in [4.78, 5) is 35.8. The van der Waals surface area contributed by atoms with E-state index in [1.807, 2.05) is 0 Å². The first-order valence-corrected chi connectivity index (χ1v) is 9.18. The van der Waals surface area contributed by atoms with Crippen molar-refractivity contribution >= 4 is 29.4 Å². The molecule has 1 atom stereocenters. The molecule has 2 amide bonds. The van der Waals surface area contributed by atoms with Crippen LogP contribution in [0.4, 0.5) is 0 Å². The Kier molecular flexibility index (Phi) is 6.56. The minimum Gasteiger partial charge on any atom is -0.454 e. The third kappa shape index (κ3) is 5.61. The number of hydrogen-bond donors (Lipinski definition) is 2. The molecule has 0 spiro atoms. The van der Waals surface area contributed by atoms with Gasteiger partial charge in [-0.15, -0.1) is 0 Å². The van der Waals surface area contributed by atoms with E-state index in [0.29, 0.717) is 22.1 Å². The molecule has 0 fully saturated rings. The SMILES string of the molecule is C[C@H](NC(=O)COC(=O)CNC(=O)c1ccc2c(c1)OCO2)c1ccc(Cl)cc1. The van der Waals surface area contributed by atoms with Gasteiger partial charge in [0.2, 0.25) is 6.79 Å². The Morgan fingerprint density at radius 2 is 1.83 bits per heavy atom. The van der Waals surface area contributed by atoms with Crippen LogP contribution >= 0.6 is 11.6 Å². The number of halogens is 1. The molecule has 9 heteroatoms. The Bertz CT molecular complexity index is 916. The van der Waals surface area contributed by atoms with Gasteiger partial charge in [0.05, 0.1) is 6.04 Å². The molecule has 2 N–H and O–H groups in total. The van der Waals surface area contributed by atoms with Gasteiger partial charge in [-0.05, 0) is 42.8 Å². The fourth-order valence-electron chi connectivity index (χ4n) is 2.61. The second kappa shape index (κ2) is 9.29. The lowest BCUT2D eigenvalue weighted by molar-refractivity contribution is -0.147. The first kappa shape index (κ1) is 20.5. The molecule has 2 aromatic rings. The van der Waals surface area contributed by atoms with E-state index in [-0.39, 0.29) is 19.4 Å². The first-order chi connectivity index (χ1) is 13.9. The van der Waals surface area contributed by atoms with Gasteiger partial charge < -0.3 is 24.8 Å². The van der Waals surface area contributed by atoms with Crippen molar-refractivity contribution in [1.29, 1.82) is 0 Å². The summed E-state index contributed by atoms with van der Waals surface area (Å²) in [5.74, 6) is -0.635. The van der Waals surface area contributed by atoms with Gasteiger partial charge in [0.15, 0.2) is 18.1 Å². The average Bonchev–Trinajstić information content (AvgIpc) is 3.18. The van der Waals surface area contributed by atoms with E-state index >= 15 is 0 Å². The number of rotatable bonds is 7. The van der Waals surface area contributed by atoms with Crippen LogP contribution in [0.15, 0.2) is 42.5 Å². The van der Waals surface area contributed by atoms with Gasteiger partial charge in [0.25, 0.3) is 11.8 Å². The number of carbonyl (C=O) groups excluding carboxylic acids is 3. The number of esters is 1. The van der Waals surface area contributed by atoms with E-state index in [9.17, 15) is 14.4 Å². The zero-order valence-electron chi connectivity index (χ0n) is 15.6. The summed E-state index contributed by atoms with van der Waals surface area (Å²) in [6.07, 6.45) is 0. The lowest BCUT2D eigenvalue weighted by Crippen LogP contribution is -2.34. The third-order valence-electron chi connectivity index (χ3n) is 4.14. The molecule has 0 aliphatic carbocycles. The predicted octanol–water partition coefficient (Wildman–Crippen LogP) is 2.22. The molecule has 3 rings (SSSR count). The smallest absolute Gasteiger partial charge is 0.325 e. The molecule has 0 saturated carbocycles. The monoisotopic (exact) mass is 418 g/mol. The fraction of sp³-hybridized carbons (Fsp3) is 0.250. The molecule has 29 heavy (non-hydrogen) atoms. The zero-order valence-corrected chi connectivity index (χ0v) is 16.3. The van der Waals surface area contributed by atoms with Crippen LogP contribution in [0, 0.1) is 0 Å². The van der Waals surface area contributed by atoms with Crippen molar-refractivity contribution in [3.8, 4) is 11.5 Å². The molecule has 0 radical (unpaired) electrons. The number of amides is 2. The molecule has 1 heterocycles. The van der Waals surface area contributed by atoms with Crippen LogP contribution in [0.3, 0.4) is 0 Å². The van der Waals surface area contributed by atoms with Crippen LogP contribution < -0.4 is 20.1 Å². The quantitative estimate of drug-likeness (QED) is 0.668. The largest absolute Gasteiger partial charge is 0.454 e. The van der Waals surface area contributed by atoms with Crippen LogP contribution in [-0.4, -0.2) is 37.7 Å². The maximum Gasteiger partial charge on any atom is 0.325 e. The van der Waals surface area contributed by atoms with Crippen molar-refractivity contribution in [3.05, 3.63) is 58.6 Å². The Hall–Kier alpha value is -3.26. The van der Waals surface area contributed by atoms with Crippen molar-refractivity contribution in [1.82, 2.24) is 10.6 Å². The van der Waals surface area contributed by atoms with Gasteiger partial charge in [-0.3, -0.25) is 14.4 Å². The van der Waals surface area contributed by atoms with Crippen LogP contribution in [0.25, 0.3) is 0 Å². The number of benzene rings is 2. The molecule has 8 nitrogen and oxygen atoms in total. The van der Waals surface area contributed by atoms with Gasteiger partial charge in [0, 0.05) is 10.6 Å². The molecule has 0 saturated heterocycles. The van der Waals surface area contributed by atoms with Crippen LogP contribution in [0.5, 0.6) is 11.5 Å². The second-order valence-electron chi connectivity index (χ2n) is 6.25. The molecule has 0 aromatic heterocycles. The highest BCUT2D eigenvalue weighted by molar-refractivity contribution is 6.30. The van der Waals surface area contributed by atoms with Gasteiger partial charge in [-0.25, -0.2) is 0 Å². The van der Waals surface area contributed by atoms with E-state index in [2.05, 4.69) is 10.6 Å². The summed E-state index contributed by atoms with van der Waals surface area (Å²) in [7, 11) is 0. The minimum absolute atomic E-state index is 0.103. The Balaban J connectivity index is 1.39. The normalized spacial score (nSPS) is 12.8. The summed E-state index contributed by atoms with van der Waals surface area (Å²) in [5.41, 5.74) is 1.18. The van der Waals surface area contributed by atoms with E-state index in [4.69, 9.17) is 25.8 Å². The molecule has 1 aliphatic rings. The maximum absolute atomic E-state index is 12.1. The number of carbonyl (C=O) groups is 3. The maximum atomic E-state index is 12.1. The van der Waals surface area contributed by atoms with Crippen molar-refractivity contribution in [3.63, 3.8) is 0 Å². The van der Waals surface area contributed by atoms with Gasteiger partial charge in [0.1, 0.15) is 6.54 Å². The van der Waals surface area contributed by atoms with E-state index in [1.165, 1.54) is 6.07 Å². The van der Waals surface area contributed by atoms with Crippen LogP contribution in [0.1, 0.15) is 28.9 Å². The molecule has 0 unspecified atom stereocenters. The lowest BCUT2D eigenvalue weighted by atomic mass is 10.1. The molecule has 2 aromatic carbocycles. The van der Waals surface area contributed by atoms with Gasteiger partial charge in [-0.1, -0.05) is 23.7 Å². The highest BCUT2D eigenvalue weighted by atomic mass is 35.5. The summed E-state index contributed by atoms with van der Waals surface area (Å²) in [6.45, 7) is 1.09. The van der Waals surface area contributed by atoms with Gasteiger partial charge in [-0.2, -0.15) is 0 Å². The molecule has 1 aliphatic heterocycles. The van der Waals surface area contributed by atoms with Gasteiger partial charge >= 0.3 is 5.97 Å². The van der Waals surface area contributed by atoms with Crippen molar-refractivity contribution in [2.24, 2.45) is 0 Å². The van der Waals surface area contributed by atoms with Crippen LogP contribution in [0.2, 0.25) is 5.02 Å². The van der Waals surface area contributed by atoms with Crippen molar-refractivity contribution in [2.75, 3.05) is 19.9 Å². The number of nitrogens with one attached hydrogen (secondary N) is 2. The summed E-state index contributed by atoms with van der Waals surface area (Å²) in [6, 6.07) is 11.5. The molecular formula is C20H19ClN2O6. The second-order valence-corrected chi connectivity index (χ2v) is 6.69. The van der Waals surface area contributed by atoms with Crippen molar-refractivity contribution in [2.45, 2.75) is 13.0 Å². The average molecular weight is 419 g/mol. The summed E-state index contributed by atoms with van der Waals surface area (Å²) >= 11 is 5.84. The van der Waals surface area contributed by atoms with E-state index in [0.717, 1.165) is 5.56 Å². The van der Waals surface area contributed by atoms with Crippen molar-refractivity contribution < 1.29 is 28.6 Å². The Labute approximate surface area is 172 Å². The zero-order chi connectivity index (χ0) is 20.8. The standard InChI is InChI=1S/C20H19ClN2O6/c1-12(13-2-5-15(21)6-3-13)23-18(24)10-27-19(25)9-22-20(26)14-4-7-16-17(8-14)29-11-28-16/h2-8,12H,9-11H2,1H3,(H,22,26)(H,23,24)/t12-/m0/s1. The summed E-state index contributed by atoms with van der Waals surface area (Å²) in [5, 5.41) is 5.75. The molecule has 152 valence electrons. The fourth-order valence-corrected chi connectivity index (χ4v) is 2.73. The number of ether oxygens (including phenoxy) is 3.